The number of ether oxygens (including phenoxy) is 1. The van der Waals surface area contributed by atoms with Crippen LogP contribution in [0.5, 0.6) is 0 Å². The van der Waals surface area contributed by atoms with E-state index >= 15 is 4.79 Å². The molecule has 0 radical (unpaired) electrons. The van der Waals surface area contributed by atoms with E-state index in [0.29, 0.717) is 50.0 Å². The molecule has 12 N–H and O–H groups in total. The Hall–Kier alpha value is -4.04. The number of fused-ring (bicyclic) bond motifs is 10. The maximum Gasteiger partial charge on any atom is 0.313 e. The number of aliphatic imine (C=N–C) groups is 1. The number of carbonyl (C=O) groups excluding carboxylic acids is 3. The van der Waals surface area contributed by atoms with Crippen molar-refractivity contribution in [3.05, 3.63) is 46.9 Å². The van der Waals surface area contributed by atoms with Crippen molar-refractivity contribution in [2.45, 2.75) is 172 Å². The van der Waals surface area contributed by atoms with Crippen molar-refractivity contribution < 1.29 is 49.8 Å². The zero-order valence-corrected chi connectivity index (χ0v) is 43.0. The van der Waals surface area contributed by atoms with Gasteiger partial charge in [-0.1, -0.05) is 38.3 Å². The van der Waals surface area contributed by atoms with Crippen molar-refractivity contribution in [1.29, 1.82) is 0 Å². The zero-order chi connectivity index (χ0) is 51.5. The van der Waals surface area contributed by atoms with Gasteiger partial charge in [-0.25, -0.2) is 0 Å². The summed E-state index contributed by atoms with van der Waals surface area (Å²) in [6.07, 6.45) is 11.0. The second-order valence-corrected chi connectivity index (χ2v) is 25.3. The lowest BCUT2D eigenvalue weighted by atomic mass is 9.43. The first-order valence-corrected chi connectivity index (χ1v) is 27.3. The summed E-state index contributed by atoms with van der Waals surface area (Å²) in [6, 6.07) is 0.760. The number of allylic oxidation sites excluding steroid dienone is 3. The van der Waals surface area contributed by atoms with Gasteiger partial charge in [0.1, 0.15) is 6.04 Å². The molecule has 1 aromatic heterocycles. The summed E-state index contributed by atoms with van der Waals surface area (Å²) in [5, 5.41) is 78.8. The fourth-order valence-electron chi connectivity index (χ4n) is 18.4. The van der Waals surface area contributed by atoms with Crippen LogP contribution in [0.3, 0.4) is 0 Å². The van der Waals surface area contributed by atoms with Gasteiger partial charge in [0, 0.05) is 54.4 Å². The Morgan fingerprint density at radius 1 is 1.00 bits per heavy atom. The van der Waals surface area contributed by atoms with Gasteiger partial charge < -0.3 is 57.1 Å². The lowest BCUT2D eigenvalue weighted by Crippen LogP contribution is -2.67. The fraction of sp³-hybridized carbons (Fsp3) is 0.754. The summed E-state index contributed by atoms with van der Waals surface area (Å²) in [5.41, 5.74) is 6.83. The molecule has 72 heavy (non-hydrogen) atoms. The van der Waals surface area contributed by atoms with E-state index in [4.69, 9.17) is 16.2 Å². The monoisotopic (exact) mass is 996 g/mol. The van der Waals surface area contributed by atoms with Crippen LogP contribution in [0.15, 0.2) is 46.4 Å². The molecule has 1 spiro atoms. The standard InChI is InChI=1S/C57H81N5O10/c1-30-9-10-33-11-12-38-31(2)23-56(70)17-16-54(38,40(33)21-30)24-34(37-29-72-50(68)45(37)36-14-19-60-27-36)7-6-8-35-25-57(71)46-39(13-15-55(57,18-20-61-51(58)59)49(35)53(56,5)69)52(4)26-44(66)43(65)22-41(52)48(67)47(46)62-42(28-63)32(3)64/h11,14,19,27,30-31,34-35,37-45,49,60,62-63,65-66,69-71H,8-10,12-13,15-18,20-26,28-29H2,1-5H3,(H4,58,59,61)/t30-,31+,34+,35-,37+,38-,39-,40-,41-,42-,43+,44-,45+,49+,52+,53+,54+,55-,56+,57+/m0/s1. The van der Waals surface area contributed by atoms with Gasteiger partial charge in [-0.2, -0.15) is 0 Å². The van der Waals surface area contributed by atoms with Gasteiger partial charge in [-0.15, -0.1) is 5.92 Å². The minimum absolute atomic E-state index is 0.0207. The predicted octanol–water partition coefficient (Wildman–Crippen LogP) is 4.30. The molecule has 0 unspecified atom stereocenters. The summed E-state index contributed by atoms with van der Waals surface area (Å²) in [6.45, 7) is 9.30. The van der Waals surface area contributed by atoms with Gasteiger partial charge in [-0.3, -0.25) is 19.4 Å². The number of nitrogens with two attached hydrogens (primary N) is 2. The second kappa shape index (κ2) is 18.4. The Bertz CT molecular complexity index is 2470. The van der Waals surface area contributed by atoms with Crippen LogP contribution in [0.25, 0.3) is 0 Å². The van der Waals surface area contributed by atoms with E-state index < -0.39 is 93.6 Å². The van der Waals surface area contributed by atoms with Crippen LogP contribution < -0.4 is 16.8 Å². The molecule has 1 aromatic rings. The average molecular weight is 996 g/mol. The number of esters is 1. The van der Waals surface area contributed by atoms with E-state index in [1.807, 2.05) is 25.4 Å². The number of hydrogen-bond donors (Lipinski definition) is 10. The number of carbonyl (C=O) groups is 3. The Kier molecular flexibility index (Phi) is 13.1. The topological polar surface area (TPSA) is 274 Å². The first kappa shape index (κ1) is 51.4. The van der Waals surface area contributed by atoms with Crippen LogP contribution in [0.4, 0.5) is 0 Å². The van der Waals surface area contributed by atoms with Gasteiger partial charge in [0.15, 0.2) is 17.5 Å². The molecule has 20 atom stereocenters. The van der Waals surface area contributed by atoms with Crippen LogP contribution in [0.2, 0.25) is 0 Å². The quantitative estimate of drug-likeness (QED) is 0.0545. The van der Waals surface area contributed by atoms with Gasteiger partial charge in [0.05, 0.1) is 53.8 Å². The molecule has 5 saturated carbocycles. The molecule has 394 valence electrons. The Balaban J connectivity index is 1.19. The number of aliphatic hydroxyl groups is 6. The van der Waals surface area contributed by atoms with Crippen LogP contribution >= 0.6 is 0 Å². The van der Waals surface area contributed by atoms with Crippen molar-refractivity contribution in [2.75, 3.05) is 19.8 Å². The van der Waals surface area contributed by atoms with Gasteiger partial charge >= 0.3 is 5.97 Å². The highest BCUT2D eigenvalue weighted by molar-refractivity contribution is 6.00. The molecule has 0 amide bonds. The summed E-state index contributed by atoms with van der Waals surface area (Å²) in [5.74, 6) is 3.34. The summed E-state index contributed by atoms with van der Waals surface area (Å²) in [4.78, 5) is 50.0. The minimum Gasteiger partial charge on any atom is -0.465 e. The van der Waals surface area contributed by atoms with Crippen LogP contribution in [-0.2, 0) is 19.1 Å². The third-order valence-corrected chi connectivity index (χ3v) is 21.8. The predicted molar refractivity (Wildman–Crippen MR) is 269 cm³/mol. The molecule has 6 fully saturated rings. The average Bonchev–Trinajstić information content (AvgIpc) is 4.03. The zero-order valence-electron chi connectivity index (χ0n) is 43.0. The molecule has 1 saturated heterocycles. The molecular formula is C57H81N5O10. The fourth-order valence-corrected chi connectivity index (χ4v) is 18.4. The van der Waals surface area contributed by atoms with Crippen LogP contribution in [-0.4, -0.2) is 114 Å². The maximum atomic E-state index is 15.3. The second-order valence-electron chi connectivity index (χ2n) is 25.3. The number of Topliss-reactive ketones (excluding diaryl/α,β-unsaturated/α-hetero) is 2. The van der Waals surface area contributed by atoms with Gasteiger partial charge in [0.2, 0.25) is 0 Å². The number of guanidine groups is 1. The Morgan fingerprint density at radius 2 is 1.78 bits per heavy atom. The first-order chi connectivity index (χ1) is 34.1. The number of aromatic nitrogens is 1. The first-order valence-electron chi connectivity index (χ1n) is 27.3. The van der Waals surface area contributed by atoms with E-state index in [1.165, 1.54) is 12.5 Å². The van der Waals surface area contributed by atoms with Gasteiger partial charge in [0.25, 0.3) is 0 Å². The molecule has 1 aliphatic heterocycles. The molecule has 8 aliphatic carbocycles. The summed E-state index contributed by atoms with van der Waals surface area (Å²) in [7, 11) is 0. The molecule has 9 aliphatic rings. The number of nitrogens with one attached hydrogen (secondary N) is 2. The van der Waals surface area contributed by atoms with Crippen LogP contribution in [0, 0.1) is 87.3 Å². The molecule has 2 bridgehead atoms. The number of hydrogen-bond acceptors (Lipinski definition) is 12. The van der Waals surface area contributed by atoms with Crippen molar-refractivity contribution in [2.24, 2.45) is 91.9 Å². The number of nitrogens with zero attached hydrogens (tertiary/aromatic N) is 1. The third kappa shape index (κ3) is 7.71. The van der Waals surface area contributed by atoms with E-state index in [0.717, 1.165) is 31.2 Å². The largest absolute Gasteiger partial charge is 0.465 e. The Morgan fingerprint density at radius 3 is 2.49 bits per heavy atom. The molecule has 10 rings (SSSR count). The van der Waals surface area contributed by atoms with E-state index in [2.05, 4.69) is 47.1 Å². The highest BCUT2D eigenvalue weighted by atomic mass is 16.5. The number of cyclic esters (lactones) is 1. The maximum absolute atomic E-state index is 15.3. The van der Waals surface area contributed by atoms with E-state index in [1.54, 1.807) is 6.92 Å². The summed E-state index contributed by atoms with van der Waals surface area (Å²) >= 11 is 0. The van der Waals surface area contributed by atoms with Gasteiger partial charge in [-0.05, 0) is 167 Å². The van der Waals surface area contributed by atoms with Crippen molar-refractivity contribution >= 4 is 23.5 Å². The number of aromatic amines is 1. The van der Waals surface area contributed by atoms with Crippen molar-refractivity contribution in [3.63, 3.8) is 0 Å². The van der Waals surface area contributed by atoms with Crippen molar-refractivity contribution in [1.82, 2.24) is 10.3 Å². The number of H-pyrrole nitrogens is 1. The lowest BCUT2D eigenvalue weighted by molar-refractivity contribution is -0.227. The Labute approximate surface area is 424 Å². The lowest BCUT2D eigenvalue weighted by Gasteiger charge is -2.63. The number of ketones is 2. The minimum atomic E-state index is -1.90. The van der Waals surface area contributed by atoms with E-state index in [-0.39, 0.29) is 97.9 Å². The highest BCUT2D eigenvalue weighted by Gasteiger charge is 2.76. The number of rotatable bonds is 9. The molecule has 15 nitrogen and oxygen atoms in total. The van der Waals surface area contributed by atoms with E-state index in [9.17, 15) is 40.2 Å². The SMILES string of the molecule is CC(=O)[C@H](CO)NC1=C2[C@H](CC[C@]3(CCN=C(N)N)[C@@H]4[C@@H](CC#C[C@@H]([C@H]5COC(=O)[C@@H]5c5cc[nH]c5)C[C@]56CC[C@@](O)(C[C@@H](C)[C@@H]5CC=C5CC[C@H](C)C[C@@H]56)[C@]4(C)O)C[C@@]23O)[C@@]2(C)C[C@H](O)[C@H](O)C[C@H]2C1=O. The smallest absolute Gasteiger partial charge is 0.313 e. The molecule has 0 aromatic carbocycles. The van der Waals surface area contributed by atoms with Crippen molar-refractivity contribution in [3.8, 4) is 11.8 Å². The van der Waals surface area contributed by atoms with Crippen LogP contribution in [0.1, 0.15) is 142 Å². The molecule has 2 heterocycles. The highest BCUT2D eigenvalue weighted by Crippen LogP contribution is 2.74. The number of aliphatic hydroxyl groups excluding tert-OH is 3. The normalized spacial score (nSPS) is 46.9. The third-order valence-electron chi connectivity index (χ3n) is 21.8. The summed E-state index contributed by atoms with van der Waals surface area (Å²) < 4.78 is 5.97. The molecule has 15 heteroatoms. The molecular weight excluding hydrogens is 915 g/mol.